The number of rotatable bonds is 1. The molecule has 0 atom stereocenters. The van der Waals surface area contributed by atoms with Gasteiger partial charge in [-0.1, -0.05) is 18.2 Å². The molecule has 2 N–H and O–H groups in total. The lowest BCUT2D eigenvalue weighted by Gasteiger charge is -2.04. The van der Waals surface area contributed by atoms with Crippen molar-refractivity contribution in [3.8, 4) is 11.3 Å². The summed E-state index contributed by atoms with van der Waals surface area (Å²) >= 11 is 0. The van der Waals surface area contributed by atoms with Gasteiger partial charge in [-0.05, 0) is 30.7 Å². The van der Waals surface area contributed by atoms with E-state index >= 15 is 0 Å². The van der Waals surface area contributed by atoms with Crippen LogP contribution < -0.4 is 5.73 Å². The lowest BCUT2D eigenvalue weighted by atomic mass is 10.1. The van der Waals surface area contributed by atoms with Crippen molar-refractivity contribution in [2.24, 2.45) is 0 Å². The fourth-order valence-corrected chi connectivity index (χ4v) is 1.47. The lowest BCUT2D eigenvalue weighted by molar-refractivity contribution is 1.27. The maximum absolute atomic E-state index is 5.72. The largest absolute Gasteiger partial charge is 0.399 e. The minimum atomic E-state index is 0.771. The number of anilines is 1. The topological polar surface area (TPSA) is 38.9 Å². The van der Waals surface area contributed by atoms with Crippen molar-refractivity contribution in [2.75, 3.05) is 5.73 Å². The maximum Gasteiger partial charge on any atom is 0.0731 e. The third-order valence-corrected chi connectivity index (χ3v) is 2.17. The van der Waals surface area contributed by atoms with E-state index in [1.165, 1.54) is 0 Å². The second-order valence-corrected chi connectivity index (χ2v) is 3.29. The molecule has 1 aromatic carbocycles. The Labute approximate surface area is 83.4 Å². The minimum absolute atomic E-state index is 0.771. The van der Waals surface area contributed by atoms with Crippen molar-refractivity contribution in [1.29, 1.82) is 0 Å². The standard InChI is InChI=1S/C12H12N2/c1-9-4-3-7-14-12(9)10-5-2-6-11(13)8-10/h2-8H,13H2,1H3. The fraction of sp³-hybridized carbons (Fsp3) is 0.0833. The number of nitrogens with zero attached hydrogens (tertiary/aromatic N) is 1. The summed E-state index contributed by atoms with van der Waals surface area (Å²) in [5.74, 6) is 0. The van der Waals surface area contributed by atoms with Crippen LogP contribution >= 0.6 is 0 Å². The van der Waals surface area contributed by atoms with Gasteiger partial charge in [0.1, 0.15) is 0 Å². The van der Waals surface area contributed by atoms with Gasteiger partial charge in [0.25, 0.3) is 0 Å². The Morgan fingerprint density at radius 1 is 1.14 bits per heavy atom. The van der Waals surface area contributed by atoms with Gasteiger partial charge in [0.2, 0.25) is 0 Å². The Kier molecular flexibility index (Phi) is 2.19. The number of aromatic nitrogens is 1. The summed E-state index contributed by atoms with van der Waals surface area (Å²) in [5, 5.41) is 0. The Balaban J connectivity index is 2.55. The number of pyridine rings is 1. The number of benzene rings is 1. The number of nitrogen functional groups attached to an aromatic ring is 1. The van der Waals surface area contributed by atoms with Gasteiger partial charge in [0.05, 0.1) is 5.69 Å². The molecule has 70 valence electrons. The van der Waals surface area contributed by atoms with E-state index in [1.807, 2.05) is 43.3 Å². The average Bonchev–Trinajstić information content (AvgIpc) is 2.18. The van der Waals surface area contributed by atoms with E-state index in [9.17, 15) is 0 Å². The summed E-state index contributed by atoms with van der Waals surface area (Å²) in [4.78, 5) is 4.33. The zero-order valence-corrected chi connectivity index (χ0v) is 8.07. The maximum atomic E-state index is 5.72. The molecule has 2 rings (SSSR count). The monoisotopic (exact) mass is 184 g/mol. The highest BCUT2D eigenvalue weighted by Crippen LogP contribution is 2.21. The third kappa shape index (κ3) is 1.59. The summed E-state index contributed by atoms with van der Waals surface area (Å²) in [6.07, 6.45) is 1.80. The molecule has 2 aromatic rings. The molecular formula is C12H12N2. The first-order valence-electron chi connectivity index (χ1n) is 4.55. The predicted molar refractivity (Wildman–Crippen MR) is 58.8 cm³/mol. The molecule has 0 spiro atoms. The van der Waals surface area contributed by atoms with Gasteiger partial charge in [-0.15, -0.1) is 0 Å². The lowest BCUT2D eigenvalue weighted by Crippen LogP contribution is -1.89. The molecule has 0 saturated heterocycles. The van der Waals surface area contributed by atoms with Crippen LogP contribution in [0.2, 0.25) is 0 Å². The second-order valence-electron chi connectivity index (χ2n) is 3.29. The summed E-state index contributed by atoms with van der Waals surface area (Å²) in [7, 11) is 0. The number of hydrogen-bond donors (Lipinski definition) is 1. The SMILES string of the molecule is Cc1cccnc1-c1cccc(N)c1. The highest BCUT2D eigenvalue weighted by Gasteiger charge is 2.01. The number of aryl methyl sites for hydroxylation is 1. The number of hydrogen-bond acceptors (Lipinski definition) is 2. The zero-order valence-electron chi connectivity index (χ0n) is 8.07. The minimum Gasteiger partial charge on any atom is -0.399 e. The van der Waals surface area contributed by atoms with Crippen molar-refractivity contribution < 1.29 is 0 Å². The Morgan fingerprint density at radius 2 is 2.00 bits per heavy atom. The van der Waals surface area contributed by atoms with E-state index in [1.54, 1.807) is 6.20 Å². The fourth-order valence-electron chi connectivity index (χ4n) is 1.47. The smallest absolute Gasteiger partial charge is 0.0731 e. The van der Waals surface area contributed by atoms with Crippen molar-refractivity contribution in [3.05, 3.63) is 48.2 Å². The van der Waals surface area contributed by atoms with Crippen LogP contribution in [0.5, 0.6) is 0 Å². The predicted octanol–water partition coefficient (Wildman–Crippen LogP) is 2.64. The highest BCUT2D eigenvalue weighted by atomic mass is 14.7. The van der Waals surface area contributed by atoms with Crippen LogP contribution in [0.25, 0.3) is 11.3 Å². The van der Waals surface area contributed by atoms with Crippen LogP contribution in [0, 0.1) is 6.92 Å². The van der Waals surface area contributed by atoms with Crippen molar-refractivity contribution in [3.63, 3.8) is 0 Å². The van der Waals surface area contributed by atoms with Crippen molar-refractivity contribution in [2.45, 2.75) is 6.92 Å². The normalized spacial score (nSPS) is 10.1. The summed E-state index contributed by atoms with van der Waals surface area (Å²) in [6, 6.07) is 11.8. The molecule has 0 radical (unpaired) electrons. The molecule has 0 saturated carbocycles. The van der Waals surface area contributed by atoms with Gasteiger partial charge < -0.3 is 5.73 Å². The molecule has 14 heavy (non-hydrogen) atoms. The van der Waals surface area contributed by atoms with E-state index in [4.69, 9.17) is 5.73 Å². The Hall–Kier alpha value is -1.83. The molecular weight excluding hydrogens is 172 g/mol. The van der Waals surface area contributed by atoms with Crippen molar-refractivity contribution in [1.82, 2.24) is 4.98 Å². The quantitative estimate of drug-likeness (QED) is 0.692. The zero-order chi connectivity index (χ0) is 9.97. The molecule has 0 unspecified atom stereocenters. The van der Waals surface area contributed by atoms with Crippen LogP contribution in [0.4, 0.5) is 5.69 Å². The van der Waals surface area contributed by atoms with Gasteiger partial charge in [0, 0.05) is 17.4 Å². The Bertz CT molecular complexity index is 450. The molecule has 0 aliphatic heterocycles. The molecule has 2 heteroatoms. The summed E-state index contributed by atoms with van der Waals surface area (Å²) < 4.78 is 0. The average molecular weight is 184 g/mol. The van der Waals surface area contributed by atoms with Crippen molar-refractivity contribution >= 4 is 5.69 Å². The second kappa shape index (κ2) is 3.50. The molecule has 2 nitrogen and oxygen atoms in total. The van der Waals surface area contributed by atoms with E-state index in [2.05, 4.69) is 4.98 Å². The van der Waals surface area contributed by atoms with Crippen LogP contribution in [-0.2, 0) is 0 Å². The number of nitrogens with two attached hydrogens (primary N) is 1. The van der Waals surface area contributed by atoms with Crippen LogP contribution in [-0.4, -0.2) is 4.98 Å². The van der Waals surface area contributed by atoms with Gasteiger partial charge >= 0.3 is 0 Å². The molecule has 0 fully saturated rings. The molecule has 1 heterocycles. The van der Waals surface area contributed by atoms with Gasteiger partial charge in [0.15, 0.2) is 0 Å². The van der Waals surface area contributed by atoms with Crippen LogP contribution in [0.1, 0.15) is 5.56 Å². The van der Waals surface area contributed by atoms with Gasteiger partial charge in [-0.2, -0.15) is 0 Å². The van der Waals surface area contributed by atoms with Crippen LogP contribution in [0.3, 0.4) is 0 Å². The molecule has 0 aliphatic carbocycles. The molecule has 1 aromatic heterocycles. The molecule has 0 amide bonds. The summed E-state index contributed by atoms with van der Waals surface area (Å²) in [5.41, 5.74) is 9.73. The first-order valence-corrected chi connectivity index (χ1v) is 4.55. The first kappa shape index (κ1) is 8.75. The first-order chi connectivity index (χ1) is 6.77. The summed E-state index contributed by atoms with van der Waals surface area (Å²) in [6.45, 7) is 2.05. The highest BCUT2D eigenvalue weighted by molar-refractivity contribution is 5.66. The van der Waals surface area contributed by atoms with E-state index < -0.39 is 0 Å². The van der Waals surface area contributed by atoms with Gasteiger partial charge in [-0.25, -0.2) is 0 Å². The Morgan fingerprint density at radius 3 is 2.71 bits per heavy atom. The van der Waals surface area contributed by atoms with E-state index in [0.29, 0.717) is 0 Å². The van der Waals surface area contributed by atoms with E-state index in [-0.39, 0.29) is 0 Å². The van der Waals surface area contributed by atoms with Crippen LogP contribution in [0.15, 0.2) is 42.6 Å². The molecule has 0 aliphatic rings. The molecule has 0 bridgehead atoms. The van der Waals surface area contributed by atoms with Gasteiger partial charge in [-0.3, -0.25) is 4.98 Å². The van der Waals surface area contributed by atoms with E-state index in [0.717, 1.165) is 22.5 Å². The third-order valence-electron chi connectivity index (χ3n) is 2.17.